The molecule has 0 bridgehead atoms. The van der Waals surface area contributed by atoms with E-state index in [2.05, 4.69) is 5.10 Å². The molecule has 1 aromatic heterocycles. The molecule has 116 valence electrons. The van der Waals surface area contributed by atoms with Crippen LogP contribution < -0.4 is 0 Å². The first kappa shape index (κ1) is 17.5. The molecule has 1 atom stereocenters. The summed E-state index contributed by atoms with van der Waals surface area (Å²) in [5.41, 5.74) is 0. The zero-order valence-electron chi connectivity index (χ0n) is 12.2. The van der Waals surface area contributed by atoms with E-state index in [0.717, 1.165) is 12.2 Å². The number of hydrogen-bond acceptors (Lipinski definition) is 5. The molecule has 8 heteroatoms. The van der Waals surface area contributed by atoms with E-state index in [1.807, 2.05) is 13.2 Å². The van der Waals surface area contributed by atoms with Gasteiger partial charge in [-0.1, -0.05) is 6.92 Å². The van der Waals surface area contributed by atoms with Gasteiger partial charge >= 0.3 is 0 Å². The number of thioether (sulfide) groups is 1. The number of hydrogen-bond donors (Lipinski definition) is 1. The first-order valence-electron chi connectivity index (χ1n) is 6.57. The maximum Gasteiger partial charge on any atom is 0.246 e. The zero-order chi connectivity index (χ0) is 15.2. The predicted octanol–water partition coefficient (Wildman–Crippen LogP) is 1.03. The molecular formula is C12H23N3O3S2. The first-order valence-corrected chi connectivity index (χ1v) is 9.41. The third-order valence-corrected chi connectivity index (χ3v) is 5.76. The van der Waals surface area contributed by atoms with Gasteiger partial charge in [-0.3, -0.25) is 4.68 Å². The fraction of sp³-hybridized carbons (Fsp3) is 0.750. The highest BCUT2D eigenvalue weighted by atomic mass is 32.2. The fourth-order valence-electron chi connectivity index (χ4n) is 1.87. The summed E-state index contributed by atoms with van der Waals surface area (Å²) in [7, 11) is -1.89. The Morgan fingerprint density at radius 3 is 2.80 bits per heavy atom. The summed E-state index contributed by atoms with van der Waals surface area (Å²) in [6, 6.07) is -0.0178. The largest absolute Gasteiger partial charge is 0.396 e. The molecule has 0 aliphatic carbocycles. The number of aliphatic hydroxyl groups excluding tert-OH is 1. The quantitative estimate of drug-likeness (QED) is 0.735. The van der Waals surface area contributed by atoms with Crippen LogP contribution in [-0.4, -0.2) is 59.3 Å². The molecule has 0 saturated carbocycles. The summed E-state index contributed by atoms with van der Waals surface area (Å²) in [5, 5.41) is 12.8. The maximum atomic E-state index is 12.5. The molecule has 1 aromatic rings. The minimum Gasteiger partial charge on any atom is -0.396 e. The fourth-order valence-corrected chi connectivity index (χ4v) is 4.19. The van der Waals surface area contributed by atoms with Gasteiger partial charge in [-0.15, -0.1) is 0 Å². The molecule has 0 aromatic carbocycles. The molecule has 1 heterocycles. The second-order valence-corrected chi connectivity index (χ2v) is 7.46. The van der Waals surface area contributed by atoms with Crippen molar-refractivity contribution in [1.82, 2.24) is 14.1 Å². The van der Waals surface area contributed by atoms with Crippen molar-refractivity contribution in [2.24, 2.45) is 0 Å². The van der Waals surface area contributed by atoms with Crippen molar-refractivity contribution in [3.05, 3.63) is 12.4 Å². The molecule has 0 spiro atoms. The van der Waals surface area contributed by atoms with Crippen LogP contribution in [0.2, 0.25) is 0 Å². The number of aryl methyl sites for hydroxylation is 1. The van der Waals surface area contributed by atoms with Gasteiger partial charge in [-0.25, -0.2) is 8.42 Å². The maximum absolute atomic E-state index is 12.5. The highest BCUT2D eigenvalue weighted by Gasteiger charge is 2.27. The summed E-state index contributed by atoms with van der Waals surface area (Å²) >= 11 is 1.64. The lowest BCUT2D eigenvalue weighted by Crippen LogP contribution is -2.38. The van der Waals surface area contributed by atoms with E-state index in [1.54, 1.807) is 23.5 Å². The minimum atomic E-state index is -3.50. The molecule has 0 aliphatic heterocycles. The molecule has 1 N–H and O–H groups in total. The monoisotopic (exact) mass is 321 g/mol. The van der Waals surface area contributed by atoms with Crippen LogP contribution in [0.15, 0.2) is 17.3 Å². The lowest BCUT2D eigenvalue weighted by molar-refractivity contribution is 0.277. The molecule has 0 saturated heterocycles. The molecular weight excluding hydrogens is 298 g/mol. The topological polar surface area (TPSA) is 75.4 Å². The van der Waals surface area contributed by atoms with E-state index in [0.29, 0.717) is 13.0 Å². The van der Waals surface area contributed by atoms with Gasteiger partial charge in [0.15, 0.2) is 0 Å². The van der Waals surface area contributed by atoms with Crippen LogP contribution in [0.25, 0.3) is 0 Å². The second-order valence-electron chi connectivity index (χ2n) is 4.55. The van der Waals surface area contributed by atoms with Crippen molar-refractivity contribution in [1.29, 1.82) is 0 Å². The Balaban J connectivity index is 2.89. The van der Waals surface area contributed by atoms with Crippen LogP contribution in [-0.2, 0) is 16.6 Å². The van der Waals surface area contributed by atoms with Crippen LogP contribution in [0.5, 0.6) is 0 Å². The number of rotatable bonds is 9. The van der Waals surface area contributed by atoms with Gasteiger partial charge in [-0.2, -0.15) is 21.2 Å². The summed E-state index contributed by atoms with van der Waals surface area (Å²) in [5.74, 6) is 0.769. The van der Waals surface area contributed by atoms with Crippen molar-refractivity contribution in [3.63, 3.8) is 0 Å². The van der Waals surface area contributed by atoms with Gasteiger partial charge in [0.1, 0.15) is 4.90 Å². The number of sulfonamides is 1. The van der Waals surface area contributed by atoms with Gasteiger partial charge < -0.3 is 5.11 Å². The van der Waals surface area contributed by atoms with Crippen molar-refractivity contribution < 1.29 is 13.5 Å². The molecule has 0 aliphatic rings. The van der Waals surface area contributed by atoms with Crippen molar-refractivity contribution >= 4 is 21.8 Å². The molecule has 0 radical (unpaired) electrons. The van der Waals surface area contributed by atoms with E-state index >= 15 is 0 Å². The van der Waals surface area contributed by atoms with E-state index in [9.17, 15) is 8.42 Å². The molecule has 0 fully saturated rings. The Morgan fingerprint density at radius 1 is 1.55 bits per heavy atom. The Bertz CT molecular complexity index is 502. The van der Waals surface area contributed by atoms with E-state index in [4.69, 9.17) is 5.11 Å². The molecule has 0 amide bonds. The SMILES string of the molecule is CCC(CSC)N(C)S(=O)(=O)c1cnn(CCCO)c1. The van der Waals surface area contributed by atoms with Crippen LogP contribution in [0.1, 0.15) is 19.8 Å². The average Bonchev–Trinajstić information content (AvgIpc) is 2.91. The number of nitrogens with zero attached hydrogens (tertiary/aromatic N) is 3. The third kappa shape index (κ3) is 4.21. The smallest absolute Gasteiger partial charge is 0.246 e. The Hall–Kier alpha value is -0.570. The predicted molar refractivity (Wildman–Crippen MR) is 81.3 cm³/mol. The van der Waals surface area contributed by atoms with Gasteiger partial charge in [0.2, 0.25) is 10.0 Å². The highest BCUT2D eigenvalue weighted by Crippen LogP contribution is 2.19. The molecule has 6 nitrogen and oxygen atoms in total. The van der Waals surface area contributed by atoms with Crippen LogP contribution in [0.4, 0.5) is 0 Å². The van der Waals surface area contributed by atoms with E-state index in [1.165, 1.54) is 16.7 Å². The van der Waals surface area contributed by atoms with Crippen molar-refractivity contribution in [2.45, 2.75) is 37.2 Å². The Morgan fingerprint density at radius 2 is 2.25 bits per heavy atom. The number of aliphatic hydroxyl groups is 1. The summed E-state index contributed by atoms with van der Waals surface area (Å²) in [6.45, 7) is 2.56. The minimum absolute atomic E-state index is 0.0178. The van der Waals surface area contributed by atoms with Gasteiger partial charge in [0, 0.05) is 38.2 Å². The third-order valence-electron chi connectivity index (χ3n) is 3.18. The lowest BCUT2D eigenvalue weighted by Gasteiger charge is -2.25. The average molecular weight is 321 g/mol. The van der Waals surface area contributed by atoms with E-state index in [-0.39, 0.29) is 17.5 Å². The van der Waals surface area contributed by atoms with Crippen LogP contribution >= 0.6 is 11.8 Å². The van der Waals surface area contributed by atoms with Crippen molar-refractivity contribution in [3.8, 4) is 0 Å². The molecule has 1 rings (SSSR count). The van der Waals surface area contributed by atoms with Gasteiger partial charge in [0.05, 0.1) is 6.20 Å². The second kappa shape index (κ2) is 8.02. The molecule has 1 unspecified atom stereocenters. The summed E-state index contributed by atoms with van der Waals surface area (Å²) in [4.78, 5) is 0.206. The van der Waals surface area contributed by atoms with Crippen LogP contribution in [0, 0.1) is 0 Å². The summed E-state index contributed by atoms with van der Waals surface area (Å²) in [6.07, 6.45) is 6.19. The van der Waals surface area contributed by atoms with Gasteiger partial charge in [0.25, 0.3) is 0 Å². The highest BCUT2D eigenvalue weighted by molar-refractivity contribution is 7.98. The normalized spacial score (nSPS) is 13.8. The van der Waals surface area contributed by atoms with Crippen molar-refractivity contribution in [2.75, 3.05) is 25.7 Å². The van der Waals surface area contributed by atoms with E-state index < -0.39 is 10.0 Å². The standard InChI is InChI=1S/C12H23N3O3S2/c1-4-11(10-19-3)14(2)20(17,18)12-8-13-15(9-12)6-5-7-16/h8-9,11,16H,4-7,10H2,1-3H3. The zero-order valence-corrected chi connectivity index (χ0v) is 13.8. The Labute approximate surface area is 125 Å². The Kier molecular flexibility index (Phi) is 7.01. The molecule has 20 heavy (non-hydrogen) atoms. The van der Waals surface area contributed by atoms with Crippen LogP contribution in [0.3, 0.4) is 0 Å². The van der Waals surface area contributed by atoms with Gasteiger partial charge in [-0.05, 0) is 19.1 Å². The first-order chi connectivity index (χ1) is 9.47. The number of aromatic nitrogens is 2. The lowest BCUT2D eigenvalue weighted by atomic mass is 10.3. The summed E-state index contributed by atoms with van der Waals surface area (Å²) < 4.78 is 28.0.